The van der Waals surface area contributed by atoms with Gasteiger partial charge in [0.1, 0.15) is 6.04 Å². The zero-order valence-electron chi connectivity index (χ0n) is 14.7. The standard InChI is InChI=1S/C20H21N3O3/c1-12-8-9-15-16(10-12)20(26)23(19(15)25)13(2)18(24)22-11-17(21)14-6-4-3-5-7-14/h3-10,13,17H,11,21H2,1-2H3,(H,22,24). The molecule has 0 aromatic heterocycles. The lowest BCUT2D eigenvalue weighted by Gasteiger charge is -2.22. The maximum atomic E-state index is 12.6. The maximum absolute atomic E-state index is 12.6. The molecule has 134 valence electrons. The Kier molecular flexibility index (Phi) is 4.86. The molecule has 0 saturated carbocycles. The molecule has 0 saturated heterocycles. The lowest BCUT2D eigenvalue weighted by Crippen LogP contribution is -2.49. The Bertz CT molecular complexity index is 864. The van der Waals surface area contributed by atoms with E-state index in [9.17, 15) is 14.4 Å². The van der Waals surface area contributed by atoms with Crippen molar-refractivity contribution < 1.29 is 14.4 Å². The van der Waals surface area contributed by atoms with E-state index in [1.165, 1.54) is 6.92 Å². The highest BCUT2D eigenvalue weighted by atomic mass is 16.2. The Balaban J connectivity index is 1.68. The number of carbonyl (C=O) groups excluding carboxylic acids is 3. The molecule has 2 aromatic carbocycles. The number of rotatable bonds is 5. The fourth-order valence-corrected chi connectivity index (χ4v) is 3.02. The van der Waals surface area contributed by atoms with Crippen LogP contribution >= 0.6 is 0 Å². The van der Waals surface area contributed by atoms with Crippen molar-refractivity contribution in [1.29, 1.82) is 0 Å². The van der Waals surface area contributed by atoms with E-state index < -0.39 is 23.8 Å². The zero-order chi connectivity index (χ0) is 18.8. The second kappa shape index (κ2) is 7.09. The van der Waals surface area contributed by atoms with Gasteiger partial charge in [0.05, 0.1) is 11.1 Å². The third-order valence-electron chi connectivity index (χ3n) is 4.56. The van der Waals surface area contributed by atoms with Crippen LogP contribution in [0.2, 0.25) is 0 Å². The molecule has 0 radical (unpaired) electrons. The SMILES string of the molecule is Cc1ccc2c(c1)C(=O)N(C(C)C(=O)NCC(N)c1ccccc1)C2=O. The summed E-state index contributed by atoms with van der Waals surface area (Å²) >= 11 is 0. The predicted molar refractivity (Wildman–Crippen MR) is 97.5 cm³/mol. The molecule has 1 aliphatic rings. The minimum absolute atomic E-state index is 0.218. The van der Waals surface area contributed by atoms with Crippen molar-refractivity contribution in [2.75, 3.05) is 6.54 Å². The van der Waals surface area contributed by atoms with Crippen molar-refractivity contribution >= 4 is 17.7 Å². The molecule has 3 amide bonds. The largest absolute Gasteiger partial charge is 0.352 e. The van der Waals surface area contributed by atoms with Crippen molar-refractivity contribution in [3.63, 3.8) is 0 Å². The Morgan fingerprint density at radius 1 is 1.08 bits per heavy atom. The van der Waals surface area contributed by atoms with Gasteiger partial charge in [0.2, 0.25) is 5.91 Å². The Morgan fingerprint density at radius 3 is 2.42 bits per heavy atom. The molecule has 1 heterocycles. The molecule has 3 rings (SSSR count). The number of amides is 3. The highest BCUT2D eigenvalue weighted by Crippen LogP contribution is 2.25. The Morgan fingerprint density at radius 2 is 1.73 bits per heavy atom. The van der Waals surface area contributed by atoms with Crippen LogP contribution in [0.1, 0.15) is 44.8 Å². The number of imide groups is 1. The third-order valence-corrected chi connectivity index (χ3v) is 4.56. The average molecular weight is 351 g/mol. The smallest absolute Gasteiger partial charge is 0.262 e. The molecule has 0 fully saturated rings. The van der Waals surface area contributed by atoms with E-state index in [-0.39, 0.29) is 12.6 Å². The number of aryl methyl sites for hydroxylation is 1. The van der Waals surface area contributed by atoms with E-state index in [2.05, 4.69) is 5.32 Å². The molecule has 3 N–H and O–H groups in total. The summed E-state index contributed by atoms with van der Waals surface area (Å²) in [4.78, 5) is 38.6. The fourth-order valence-electron chi connectivity index (χ4n) is 3.02. The van der Waals surface area contributed by atoms with E-state index in [0.29, 0.717) is 11.1 Å². The normalized spacial score (nSPS) is 15.6. The van der Waals surface area contributed by atoms with Gasteiger partial charge in [0.15, 0.2) is 0 Å². The number of hydrogen-bond donors (Lipinski definition) is 2. The summed E-state index contributed by atoms with van der Waals surface area (Å²) in [7, 11) is 0. The quantitative estimate of drug-likeness (QED) is 0.804. The van der Waals surface area contributed by atoms with Gasteiger partial charge >= 0.3 is 0 Å². The first-order valence-electron chi connectivity index (χ1n) is 8.47. The summed E-state index contributed by atoms with van der Waals surface area (Å²) in [5, 5.41) is 2.73. The van der Waals surface area contributed by atoms with Gasteiger partial charge in [-0.05, 0) is 31.5 Å². The van der Waals surface area contributed by atoms with E-state index >= 15 is 0 Å². The van der Waals surface area contributed by atoms with Crippen molar-refractivity contribution in [3.8, 4) is 0 Å². The summed E-state index contributed by atoms with van der Waals surface area (Å²) in [5.74, 6) is -1.30. The number of nitrogens with zero attached hydrogens (tertiary/aromatic N) is 1. The van der Waals surface area contributed by atoms with Crippen LogP contribution in [0, 0.1) is 6.92 Å². The monoisotopic (exact) mass is 351 g/mol. The fraction of sp³-hybridized carbons (Fsp3) is 0.250. The molecule has 6 heteroatoms. The second-order valence-corrected chi connectivity index (χ2v) is 6.47. The third kappa shape index (κ3) is 3.23. The first-order valence-corrected chi connectivity index (χ1v) is 8.47. The number of benzene rings is 2. The van der Waals surface area contributed by atoms with Crippen LogP contribution in [0.5, 0.6) is 0 Å². The van der Waals surface area contributed by atoms with Crippen LogP contribution in [0.4, 0.5) is 0 Å². The van der Waals surface area contributed by atoms with Gasteiger partial charge < -0.3 is 11.1 Å². The molecule has 2 atom stereocenters. The minimum Gasteiger partial charge on any atom is -0.352 e. The van der Waals surface area contributed by atoms with Crippen molar-refractivity contribution in [1.82, 2.24) is 10.2 Å². The molecule has 0 aliphatic carbocycles. The van der Waals surface area contributed by atoms with Crippen LogP contribution in [0.25, 0.3) is 0 Å². The Labute approximate surface area is 152 Å². The maximum Gasteiger partial charge on any atom is 0.262 e. The van der Waals surface area contributed by atoms with Crippen LogP contribution < -0.4 is 11.1 Å². The van der Waals surface area contributed by atoms with Gasteiger partial charge in [-0.25, -0.2) is 0 Å². The van der Waals surface area contributed by atoms with Crippen LogP contribution in [-0.4, -0.2) is 35.2 Å². The lowest BCUT2D eigenvalue weighted by atomic mass is 10.1. The minimum atomic E-state index is -0.911. The van der Waals surface area contributed by atoms with Gasteiger partial charge in [0, 0.05) is 12.6 Å². The molecule has 0 spiro atoms. The number of carbonyl (C=O) groups is 3. The number of fused-ring (bicyclic) bond motifs is 1. The van der Waals surface area contributed by atoms with E-state index in [0.717, 1.165) is 16.0 Å². The van der Waals surface area contributed by atoms with Crippen molar-refractivity contribution in [3.05, 3.63) is 70.8 Å². The summed E-state index contributed by atoms with van der Waals surface area (Å²) in [6.45, 7) is 3.61. The first-order chi connectivity index (χ1) is 12.4. The highest BCUT2D eigenvalue weighted by Gasteiger charge is 2.40. The van der Waals surface area contributed by atoms with Crippen molar-refractivity contribution in [2.24, 2.45) is 5.73 Å². The second-order valence-electron chi connectivity index (χ2n) is 6.47. The predicted octanol–water partition coefficient (Wildman–Crippen LogP) is 1.80. The molecular formula is C20H21N3O3. The molecule has 2 aromatic rings. The summed E-state index contributed by atoms with van der Waals surface area (Å²) in [6.07, 6.45) is 0. The average Bonchev–Trinajstić information content (AvgIpc) is 2.89. The van der Waals surface area contributed by atoms with Gasteiger partial charge in [0.25, 0.3) is 11.8 Å². The number of nitrogens with two attached hydrogens (primary N) is 1. The zero-order valence-corrected chi connectivity index (χ0v) is 14.7. The van der Waals surface area contributed by atoms with Gasteiger partial charge in [-0.15, -0.1) is 0 Å². The first kappa shape index (κ1) is 17.8. The summed E-state index contributed by atoms with van der Waals surface area (Å²) in [5.41, 5.74) is 8.54. The number of nitrogens with one attached hydrogen (secondary N) is 1. The van der Waals surface area contributed by atoms with Gasteiger partial charge in [-0.1, -0.05) is 42.0 Å². The number of hydrogen-bond acceptors (Lipinski definition) is 4. The molecule has 1 aliphatic heterocycles. The van der Waals surface area contributed by atoms with E-state index in [1.54, 1.807) is 18.2 Å². The van der Waals surface area contributed by atoms with Crippen molar-refractivity contribution in [2.45, 2.75) is 25.9 Å². The van der Waals surface area contributed by atoms with E-state index in [1.807, 2.05) is 37.3 Å². The van der Waals surface area contributed by atoms with E-state index in [4.69, 9.17) is 5.73 Å². The highest BCUT2D eigenvalue weighted by molar-refractivity contribution is 6.22. The summed E-state index contributed by atoms with van der Waals surface area (Å²) in [6, 6.07) is 13.2. The Hall–Kier alpha value is -2.99. The molecule has 2 unspecified atom stereocenters. The van der Waals surface area contributed by atoms with Crippen LogP contribution in [0.15, 0.2) is 48.5 Å². The molecule has 0 bridgehead atoms. The molecular weight excluding hydrogens is 330 g/mol. The van der Waals surface area contributed by atoms with Crippen LogP contribution in [-0.2, 0) is 4.79 Å². The summed E-state index contributed by atoms with van der Waals surface area (Å²) < 4.78 is 0. The molecule has 6 nitrogen and oxygen atoms in total. The van der Waals surface area contributed by atoms with Gasteiger partial charge in [-0.3, -0.25) is 19.3 Å². The van der Waals surface area contributed by atoms with Gasteiger partial charge in [-0.2, -0.15) is 0 Å². The molecule has 26 heavy (non-hydrogen) atoms. The topological polar surface area (TPSA) is 92.5 Å². The lowest BCUT2D eigenvalue weighted by molar-refractivity contribution is -0.124. The van der Waals surface area contributed by atoms with Crippen LogP contribution in [0.3, 0.4) is 0 Å².